The normalized spacial score (nSPS) is 18.3. The number of hydrogen-bond donors (Lipinski definition) is 3. The first-order valence-electron chi connectivity index (χ1n) is 7.10. The van der Waals surface area contributed by atoms with E-state index in [2.05, 4.69) is 10.6 Å². The molecule has 1 heterocycles. The van der Waals surface area contributed by atoms with Gasteiger partial charge in [0, 0.05) is 11.1 Å². The summed E-state index contributed by atoms with van der Waals surface area (Å²) in [6.45, 7) is 2.10. The molecule has 3 rings (SSSR count). The molecule has 0 aromatic heterocycles. The Kier molecular flexibility index (Phi) is 3.83. The summed E-state index contributed by atoms with van der Waals surface area (Å²) in [7, 11) is 0. The number of carbonyl (C=O) groups is 2. The molecule has 1 saturated heterocycles. The predicted octanol–water partition coefficient (Wildman–Crippen LogP) is -0.207. The smallest absolute Gasteiger partial charge is 0.279 e. The molecule has 1 unspecified atom stereocenters. The number of amides is 2. The molecule has 3 N–H and O–H groups in total. The van der Waals surface area contributed by atoms with Gasteiger partial charge in [-0.15, -0.1) is 0 Å². The van der Waals surface area contributed by atoms with Gasteiger partial charge in [-0.05, 0) is 11.5 Å². The second-order valence-corrected chi connectivity index (χ2v) is 5.28. The monoisotopic (exact) mass is 284 g/mol. The third kappa shape index (κ3) is 3.20. The highest BCUT2D eigenvalue weighted by atomic mass is 16.2. The molecular formula is C16H18N3O2+. The van der Waals surface area contributed by atoms with Gasteiger partial charge in [-0.1, -0.05) is 36.4 Å². The van der Waals surface area contributed by atoms with Gasteiger partial charge in [-0.2, -0.15) is 0 Å². The fraction of sp³-hybridized carbons (Fsp3) is 0.250. The van der Waals surface area contributed by atoms with E-state index in [1.165, 1.54) is 0 Å². The van der Waals surface area contributed by atoms with Crippen LogP contribution in [0.1, 0.15) is 0 Å². The molecule has 2 aromatic carbocycles. The molecule has 1 fully saturated rings. The van der Waals surface area contributed by atoms with E-state index >= 15 is 0 Å². The van der Waals surface area contributed by atoms with E-state index in [0.29, 0.717) is 19.6 Å². The largest absolute Gasteiger partial charge is 0.346 e. The summed E-state index contributed by atoms with van der Waals surface area (Å²) >= 11 is 0. The number of benzene rings is 2. The Labute approximate surface area is 122 Å². The standard InChI is InChI=1S/C16H17N3O2/c20-15-10-19(9-8-17-15)11-16(21)18-14-7-3-5-12-4-1-2-6-13(12)14/h1-7H,8-11H2,(H,17,20)(H,18,21)/p+1. The lowest BCUT2D eigenvalue weighted by molar-refractivity contribution is -0.885. The van der Waals surface area contributed by atoms with Crippen molar-refractivity contribution >= 4 is 28.3 Å². The summed E-state index contributed by atoms with van der Waals surface area (Å²) in [5, 5.41) is 7.85. The summed E-state index contributed by atoms with van der Waals surface area (Å²) in [5.41, 5.74) is 0.818. The van der Waals surface area contributed by atoms with Crippen molar-refractivity contribution in [1.82, 2.24) is 5.32 Å². The maximum atomic E-state index is 12.2. The Morgan fingerprint density at radius 2 is 2.00 bits per heavy atom. The molecule has 0 aliphatic carbocycles. The highest BCUT2D eigenvalue weighted by Gasteiger charge is 2.22. The van der Waals surface area contributed by atoms with Crippen LogP contribution in [0.4, 0.5) is 5.69 Å². The zero-order valence-electron chi connectivity index (χ0n) is 11.7. The van der Waals surface area contributed by atoms with Crippen LogP contribution in [0.5, 0.6) is 0 Å². The Balaban J connectivity index is 1.70. The summed E-state index contributed by atoms with van der Waals surface area (Å²) < 4.78 is 0. The van der Waals surface area contributed by atoms with E-state index in [-0.39, 0.29) is 11.8 Å². The van der Waals surface area contributed by atoms with Gasteiger partial charge >= 0.3 is 0 Å². The first kappa shape index (κ1) is 13.6. The molecule has 0 saturated carbocycles. The first-order valence-corrected chi connectivity index (χ1v) is 7.10. The van der Waals surface area contributed by atoms with Crippen molar-refractivity contribution in [3.05, 3.63) is 42.5 Å². The van der Waals surface area contributed by atoms with Gasteiger partial charge in [0.25, 0.3) is 11.8 Å². The van der Waals surface area contributed by atoms with Crippen molar-refractivity contribution in [2.45, 2.75) is 0 Å². The minimum Gasteiger partial charge on any atom is -0.346 e. The molecule has 0 radical (unpaired) electrons. The van der Waals surface area contributed by atoms with Crippen molar-refractivity contribution < 1.29 is 14.5 Å². The molecule has 5 nitrogen and oxygen atoms in total. The van der Waals surface area contributed by atoms with Crippen LogP contribution >= 0.6 is 0 Å². The maximum absolute atomic E-state index is 12.2. The van der Waals surface area contributed by atoms with Gasteiger partial charge in [0.05, 0.1) is 13.1 Å². The lowest BCUT2D eigenvalue weighted by atomic mass is 10.1. The van der Waals surface area contributed by atoms with E-state index in [1.54, 1.807) is 0 Å². The molecule has 0 bridgehead atoms. The topological polar surface area (TPSA) is 62.6 Å². The average Bonchev–Trinajstić information content (AvgIpc) is 2.47. The number of rotatable bonds is 3. The SMILES string of the molecule is O=C1C[NH+](CC(=O)Nc2cccc3ccccc23)CCN1. The van der Waals surface area contributed by atoms with Gasteiger partial charge in [0.2, 0.25) is 0 Å². The van der Waals surface area contributed by atoms with Crippen LogP contribution in [0.15, 0.2) is 42.5 Å². The molecule has 5 heteroatoms. The lowest BCUT2D eigenvalue weighted by Gasteiger charge is -2.23. The van der Waals surface area contributed by atoms with E-state index < -0.39 is 0 Å². The minimum absolute atomic E-state index is 0.00853. The first-order chi connectivity index (χ1) is 10.2. The van der Waals surface area contributed by atoms with Crippen molar-refractivity contribution in [2.24, 2.45) is 0 Å². The summed E-state index contributed by atoms with van der Waals surface area (Å²) in [5.74, 6) is -0.0507. The van der Waals surface area contributed by atoms with Crippen LogP contribution in [-0.4, -0.2) is 38.0 Å². The van der Waals surface area contributed by atoms with E-state index in [9.17, 15) is 9.59 Å². The molecule has 21 heavy (non-hydrogen) atoms. The van der Waals surface area contributed by atoms with Gasteiger partial charge in [0.15, 0.2) is 13.1 Å². The molecule has 1 atom stereocenters. The quantitative estimate of drug-likeness (QED) is 0.730. The Morgan fingerprint density at radius 3 is 2.86 bits per heavy atom. The summed E-state index contributed by atoms with van der Waals surface area (Å²) in [4.78, 5) is 24.5. The molecule has 1 aliphatic rings. The zero-order valence-corrected chi connectivity index (χ0v) is 11.7. The van der Waals surface area contributed by atoms with Gasteiger partial charge in [-0.25, -0.2) is 0 Å². The molecule has 2 aromatic rings. The molecule has 108 valence electrons. The third-order valence-electron chi connectivity index (χ3n) is 3.69. The van der Waals surface area contributed by atoms with Gasteiger partial charge in [0.1, 0.15) is 0 Å². The fourth-order valence-corrected chi connectivity index (χ4v) is 2.66. The van der Waals surface area contributed by atoms with E-state index in [1.807, 2.05) is 42.5 Å². The Morgan fingerprint density at radius 1 is 1.19 bits per heavy atom. The predicted molar refractivity (Wildman–Crippen MR) is 81.2 cm³/mol. The van der Waals surface area contributed by atoms with Gasteiger partial charge in [-0.3, -0.25) is 9.59 Å². The van der Waals surface area contributed by atoms with Crippen LogP contribution in [0.2, 0.25) is 0 Å². The molecule has 1 aliphatic heterocycles. The van der Waals surface area contributed by atoms with Crippen molar-refractivity contribution in [3.8, 4) is 0 Å². The second-order valence-electron chi connectivity index (χ2n) is 5.28. The number of fused-ring (bicyclic) bond motifs is 1. The Bertz CT molecular complexity index is 679. The van der Waals surface area contributed by atoms with E-state index in [4.69, 9.17) is 0 Å². The number of anilines is 1. The van der Waals surface area contributed by atoms with Crippen LogP contribution in [-0.2, 0) is 9.59 Å². The second kappa shape index (κ2) is 5.93. The minimum atomic E-state index is -0.0592. The van der Waals surface area contributed by atoms with Crippen LogP contribution in [0, 0.1) is 0 Å². The number of nitrogens with one attached hydrogen (secondary N) is 3. The fourth-order valence-electron chi connectivity index (χ4n) is 2.66. The van der Waals surface area contributed by atoms with Crippen molar-refractivity contribution in [2.75, 3.05) is 31.5 Å². The number of carbonyl (C=O) groups excluding carboxylic acids is 2. The highest BCUT2D eigenvalue weighted by Crippen LogP contribution is 2.22. The Hall–Kier alpha value is -2.40. The number of hydrogen-bond acceptors (Lipinski definition) is 2. The van der Waals surface area contributed by atoms with Crippen molar-refractivity contribution in [3.63, 3.8) is 0 Å². The van der Waals surface area contributed by atoms with Crippen LogP contribution in [0.3, 0.4) is 0 Å². The summed E-state index contributed by atoms with van der Waals surface area (Å²) in [6, 6.07) is 13.8. The number of piperazine rings is 1. The van der Waals surface area contributed by atoms with Crippen LogP contribution in [0.25, 0.3) is 10.8 Å². The van der Waals surface area contributed by atoms with Crippen LogP contribution < -0.4 is 15.5 Å². The zero-order chi connectivity index (χ0) is 14.7. The number of quaternary nitrogens is 1. The maximum Gasteiger partial charge on any atom is 0.279 e. The van der Waals surface area contributed by atoms with E-state index in [0.717, 1.165) is 27.9 Å². The summed E-state index contributed by atoms with van der Waals surface area (Å²) in [6.07, 6.45) is 0. The van der Waals surface area contributed by atoms with Gasteiger partial charge < -0.3 is 15.5 Å². The average molecular weight is 284 g/mol. The third-order valence-corrected chi connectivity index (χ3v) is 3.69. The van der Waals surface area contributed by atoms with Crippen molar-refractivity contribution in [1.29, 1.82) is 0 Å². The highest BCUT2D eigenvalue weighted by molar-refractivity contribution is 6.02. The molecular weight excluding hydrogens is 266 g/mol. The molecule has 0 spiro atoms. The molecule has 2 amide bonds. The lowest BCUT2D eigenvalue weighted by Crippen LogP contribution is -3.16.